The summed E-state index contributed by atoms with van der Waals surface area (Å²) in [4.78, 5) is 4.19. The van der Waals surface area contributed by atoms with Gasteiger partial charge in [0.1, 0.15) is 5.75 Å². The molecule has 0 aromatic carbocycles. The lowest BCUT2D eigenvalue weighted by Crippen LogP contribution is -2.24. The van der Waals surface area contributed by atoms with Gasteiger partial charge in [0, 0.05) is 25.3 Å². The third-order valence-electron chi connectivity index (χ3n) is 2.02. The van der Waals surface area contributed by atoms with Crippen LogP contribution in [0.1, 0.15) is 12.1 Å². The highest BCUT2D eigenvalue weighted by atomic mass is 35.5. The Hall–Kier alpha value is -0.840. The second-order valence-corrected chi connectivity index (χ2v) is 3.13. The number of aromatic nitrogens is 1. The topological polar surface area (TPSA) is 68.4 Å². The summed E-state index contributed by atoms with van der Waals surface area (Å²) in [6.45, 7) is 0.107. The number of hydrogen-bond donors (Lipinski definition) is 2. The van der Waals surface area contributed by atoms with Crippen molar-refractivity contribution < 1.29 is 9.84 Å². The third kappa shape index (κ3) is 4.46. The first-order valence-electron chi connectivity index (χ1n) is 4.62. The van der Waals surface area contributed by atoms with Gasteiger partial charge in [0.2, 0.25) is 0 Å². The Kier molecular flexibility index (Phi) is 7.03. The SMILES string of the molecule is COc1cccnc1C[C@@H](N)CCO.Cl. The molecule has 0 amide bonds. The predicted molar refractivity (Wildman–Crippen MR) is 61.4 cm³/mol. The van der Waals surface area contributed by atoms with Gasteiger partial charge < -0.3 is 15.6 Å². The Morgan fingerprint density at radius 2 is 2.33 bits per heavy atom. The lowest BCUT2D eigenvalue weighted by Gasteiger charge is -2.11. The van der Waals surface area contributed by atoms with Crippen molar-refractivity contribution in [2.45, 2.75) is 18.9 Å². The molecule has 0 bridgehead atoms. The minimum atomic E-state index is -0.0659. The molecule has 0 spiro atoms. The van der Waals surface area contributed by atoms with Crippen molar-refractivity contribution in [1.82, 2.24) is 4.98 Å². The first-order chi connectivity index (χ1) is 6.77. The molecule has 0 aliphatic carbocycles. The van der Waals surface area contributed by atoms with Crippen molar-refractivity contribution >= 4 is 12.4 Å². The molecular formula is C10H17ClN2O2. The van der Waals surface area contributed by atoms with Crippen molar-refractivity contribution in [2.24, 2.45) is 5.73 Å². The van der Waals surface area contributed by atoms with E-state index in [9.17, 15) is 0 Å². The Morgan fingerprint density at radius 1 is 1.60 bits per heavy atom. The highest BCUT2D eigenvalue weighted by Crippen LogP contribution is 2.16. The Labute approximate surface area is 95.9 Å². The molecule has 0 saturated heterocycles. The lowest BCUT2D eigenvalue weighted by molar-refractivity contribution is 0.274. The van der Waals surface area contributed by atoms with E-state index >= 15 is 0 Å². The molecule has 1 rings (SSSR count). The maximum atomic E-state index is 8.71. The summed E-state index contributed by atoms with van der Waals surface area (Å²) in [5.41, 5.74) is 6.63. The number of rotatable bonds is 5. The highest BCUT2D eigenvalue weighted by Gasteiger charge is 2.08. The van der Waals surface area contributed by atoms with Crippen LogP contribution >= 0.6 is 12.4 Å². The molecule has 1 aromatic rings. The maximum Gasteiger partial charge on any atom is 0.140 e. The summed E-state index contributed by atoms with van der Waals surface area (Å²) >= 11 is 0. The van der Waals surface area contributed by atoms with E-state index in [2.05, 4.69) is 4.98 Å². The summed E-state index contributed by atoms with van der Waals surface area (Å²) in [7, 11) is 1.61. The van der Waals surface area contributed by atoms with Gasteiger partial charge in [0.25, 0.3) is 0 Å². The van der Waals surface area contributed by atoms with E-state index in [-0.39, 0.29) is 25.1 Å². The van der Waals surface area contributed by atoms with E-state index in [1.807, 2.05) is 12.1 Å². The fourth-order valence-electron chi connectivity index (χ4n) is 1.28. The van der Waals surface area contributed by atoms with Gasteiger partial charge in [-0.25, -0.2) is 0 Å². The van der Waals surface area contributed by atoms with Gasteiger partial charge in [-0.1, -0.05) is 0 Å². The minimum Gasteiger partial charge on any atom is -0.495 e. The molecule has 0 aliphatic heterocycles. The summed E-state index contributed by atoms with van der Waals surface area (Å²) in [5, 5.41) is 8.71. The smallest absolute Gasteiger partial charge is 0.140 e. The zero-order valence-corrected chi connectivity index (χ0v) is 9.54. The van der Waals surface area contributed by atoms with Gasteiger partial charge in [-0.05, 0) is 18.6 Å². The number of pyridine rings is 1. The van der Waals surface area contributed by atoms with E-state index in [4.69, 9.17) is 15.6 Å². The Balaban J connectivity index is 0.00000196. The summed E-state index contributed by atoms with van der Waals surface area (Å²) < 4.78 is 5.14. The van der Waals surface area contributed by atoms with E-state index in [1.165, 1.54) is 0 Å². The fourth-order valence-corrected chi connectivity index (χ4v) is 1.28. The normalized spacial score (nSPS) is 11.7. The van der Waals surface area contributed by atoms with Gasteiger partial charge in [0.15, 0.2) is 0 Å². The number of ether oxygens (including phenoxy) is 1. The number of methoxy groups -OCH3 is 1. The van der Waals surface area contributed by atoms with Gasteiger partial charge >= 0.3 is 0 Å². The van der Waals surface area contributed by atoms with Crippen molar-refractivity contribution in [3.8, 4) is 5.75 Å². The standard InChI is InChI=1S/C10H16N2O2.ClH/c1-14-10-3-2-5-12-9(10)7-8(11)4-6-13;/h2-3,5,8,13H,4,6-7,11H2,1H3;1H/t8-;/m0./s1. The van der Waals surface area contributed by atoms with Crippen LogP contribution in [0.25, 0.3) is 0 Å². The second-order valence-electron chi connectivity index (χ2n) is 3.13. The molecule has 0 saturated carbocycles. The summed E-state index contributed by atoms with van der Waals surface area (Å²) in [6, 6.07) is 3.61. The van der Waals surface area contributed by atoms with Gasteiger partial charge in [-0.2, -0.15) is 0 Å². The molecule has 86 valence electrons. The van der Waals surface area contributed by atoms with Gasteiger partial charge in [-0.15, -0.1) is 12.4 Å². The second kappa shape index (κ2) is 7.45. The van der Waals surface area contributed by atoms with Crippen LogP contribution < -0.4 is 10.5 Å². The van der Waals surface area contributed by atoms with Crippen molar-refractivity contribution in [1.29, 1.82) is 0 Å². The number of aliphatic hydroxyl groups is 1. The minimum absolute atomic E-state index is 0. The monoisotopic (exact) mass is 232 g/mol. The highest BCUT2D eigenvalue weighted by molar-refractivity contribution is 5.85. The van der Waals surface area contributed by atoms with Crippen molar-refractivity contribution in [3.63, 3.8) is 0 Å². The zero-order valence-electron chi connectivity index (χ0n) is 8.72. The molecule has 0 aliphatic rings. The molecule has 1 aromatic heterocycles. The van der Waals surface area contributed by atoms with E-state index in [0.29, 0.717) is 12.8 Å². The van der Waals surface area contributed by atoms with Crippen LogP contribution in [0.4, 0.5) is 0 Å². The lowest BCUT2D eigenvalue weighted by atomic mass is 10.1. The number of nitrogens with zero attached hydrogens (tertiary/aromatic N) is 1. The third-order valence-corrected chi connectivity index (χ3v) is 2.02. The van der Waals surface area contributed by atoms with Crippen LogP contribution in [0.15, 0.2) is 18.3 Å². The number of halogens is 1. The van der Waals surface area contributed by atoms with Crippen LogP contribution in [-0.4, -0.2) is 29.8 Å². The molecule has 1 atom stereocenters. The molecule has 0 radical (unpaired) electrons. The Morgan fingerprint density at radius 3 is 2.93 bits per heavy atom. The largest absolute Gasteiger partial charge is 0.495 e. The average Bonchev–Trinajstić information content (AvgIpc) is 2.19. The molecule has 15 heavy (non-hydrogen) atoms. The number of hydrogen-bond acceptors (Lipinski definition) is 4. The fraction of sp³-hybridized carbons (Fsp3) is 0.500. The van der Waals surface area contributed by atoms with E-state index in [1.54, 1.807) is 13.3 Å². The molecule has 3 N–H and O–H groups in total. The maximum absolute atomic E-state index is 8.71. The Bertz CT molecular complexity index is 284. The zero-order chi connectivity index (χ0) is 10.4. The van der Waals surface area contributed by atoms with E-state index in [0.717, 1.165) is 11.4 Å². The number of aliphatic hydroxyl groups excluding tert-OH is 1. The molecule has 0 fully saturated rings. The van der Waals surface area contributed by atoms with Crippen LogP contribution in [0.2, 0.25) is 0 Å². The van der Waals surface area contributed by atoms with Crippen LogP contribution in [0.3, 0.4) is 0 Å². The molecule has 5 heteroatoms. The quantitative estimate of drug-likeness (QED) is 0.787. The summed E-state index contributed by atoms with van der Waals surface area (Å²) in [6.07, 6.45) is 2.92. The predicted octanol–water partition coefficient (Wildman–Crippen LogP) is 0.764. The molecule has 4 nitrogen and oxygen atoms in total. The molecule has 0 unspecified atom stereocenters. The molecular weight excluding hydrogens is 216 g/mol. The van der Waals surface area contributed by atoms with E-state index < -0.39 is 0 Å². The van der Waals surface area contributed by atoms with Crippen LogP contribution in [0, 0.1) is 0 Å². The first-order valence-corrected chi connectivity index (χ1v) is 4.62. The first kappa shape index (κ1) is 14.2. The molecule has 1 heterocycles. The van der Waals surface area contributed by atoms with Crippen molar-refractivity contribution in [2.75, 3.05) is 13.7 Å². The van der Waals surface area contributed by atoms with Crippen molar-refractivity contribution in [3.05, 3.63) is 24.0 Å². The van der Waals surface area contributed by atoms with Crippen LogP contribution in [-0.2, 0) is 6.42 Å². The van der Waals surface area contributed by atoms with Gasteiger partial charge in [0.05, 0.1) is 12.8 Å². The average molecular weight is 233 g/mol. The summed E-state index contributed by atoms with van der Waals surface area (Å²) in [5.74, 6) is 0.751. The van der Waals surface area contributed by atoms with Crippen LogP contribution in [0.5, 0.6) is 5.75 Å². The van der Waals surface area contributed by atoms with Gasteiger partial charge in [-0.3, -0.25) is 4.98 Å². The number of nitrogens with two attached hydrogens (primary N) is 1.